The van der Waals surface area contributed by atoms with Crippen LogP contribution in [0.3, 0.4) is 0 Å². The quantitative estimate of drug-likeness (QED) is 0.567. The lowest BCUT2D eigenvalue weighted by Crippen LogP contribution is -2.12. The minimum Gasteiger partial charge on any atom is -0.497 e. The lowest BCUT2D eigenvalue weighted by molar-refractivity contribution is 0.415. The molecule has 26 heavy (non-hydrogen) atoms. The summed E-state index contributed by atoms with van der Waals surface area (Å²) in [6.45, 7) is 0.660. The molecule has 4 aromatic rings. The van der Waals surface area contributed by atoms with Crippen molar-refractivity contribution in [2.75, 3.05) is 11.8 Å². The van der Waals surface area contributed by atoms with Gasteiger partial charge in [-0.05, 0) is 29.8 Å². The van der Waals surface area contributed by atoms with E-state index >= 15 is 0 Å². The maximum Gasteiger partial charge on any atom is 0.190 e. The monoisotopic (exact) mass is 367 g/mol. The van der Waals surface area contributed by atoms with Crippen molar-refractivity contribution in [3.8, 4) is 5.75 Å². The number of aromatic nitrogens is 3. The molecule has 3 N–H and O–H groups in total. The van der Waals surface area contributed by atoms with E-state index in [2.05, 4.69) is 19.3 Å². The highest BCUT2D eigenvalue weighted by Gasteiger charge is 2.10. The van der Waals surface area contributed by atoms with E-state index in [9.17, 15) is 4.21 Å². The summed E-state index contributed by atoms with van der Waals surface area (Å²) < 4.78 is 21.1. The number of hydrogen-bond acceptors (Lipinski definition) is 4. The Hall–Kier alpha value is -2.97. The lowest BCUT2D eigenvalue weighted by Gasteiger charge is -2.09. The van der Waals surface area contributed by atoms with Gasteiger partial charge in [0, 0.05) is 23.7 Å². The molecule has 0 aliphatic heterocycles. The zero-order chi connectivity index (χ0) is 18.1. The van der Waals surface area contributed by atoms with Gasteiger partial charge in [-0.15, -0.1) is 0 Å². The number of methoxy groups -OCH3 is 1. The summed E-state index contributed by atoms with van der Waals surface area (Å²) in [7, 11) is 1.64. The summed E-state index contributed by atoms with van der Waals surface area (Å²) in [6, 6.07) is 13.5. The molecule has 0 aliphatic rings. The molecule has 132 valence electrons. The van der Waals surface area contributed by atoms with E-state index in [1.165, 1.54) is 0 Å². The number of nitrogens with zero attached hydrogens (tertiary/aromatic N) is 3. The number of nitrogens with two attached hydrogens (primary N) is 1. The predicted molar refractivity (Wildman–Crippen MR) is 103 cm³/mol. The fourth-order valence-electron chi connectivity index (χ4n) is 2.97. The van der Waals surface area contributed by atoms with Crippen LogP contribution in [0, 0.1) is 0 Å². The first-order chi connectivity index (χ1) is 12.6. The fourth-order valence-corrected chi connectivity index (χ4v) is 3.34. The Labute approximate surface area is 152 Å². The molecule has 1 unspecified atom stereocenters. The smallest absolute Gasteiger partial charge is 0.190 e. The van der Waals surface area contributed by atoms with Crippen LogP contribution in [-0.4, -0.2) is 25.9 Å². The molecule has 0 spiro atoms. The van der Waals surface area contributed by atoms with E-state index in [1.807, 2.05) is 48.8 Å². The number of ether oxygens (including phenoxy) is 1. The van der Waals surface area contributed by atoms with Crippen LogP contribution in [0.15, 0.2) is 55.0 Å². The molecule has 2 heterocycles. The Bertz CT molecular complexity index is 1110. The average Bonchev–Trinajstić information content (AvgIpc) is 3.05. The van der Waals surface area contributed by atoms with Gasteiger partial charge in [-0.25, -0.2) is 14.3 Å². The van der Waals surface area contributed by atoms with Gasteiger partial charge in [0.05, 0.1) is 30.7 Å². The number of fused-ring (bicyclic) bond motifs is 3. The Morgan fingerprint density at radius 1 is 1.15 bits per heavy atom. The third-order valence-corrected chi connectivity index (χ3v) is 4.61. The minimum absolute atomic E-state index is 0.660. The van der Waals surface area contributed by atoms with Crippen molar-refractivity contribution < 1.29 is 8.95 Å². The topological polar surface area (TPSA) is 95.1 Å². The molecule has 0 radical (unpaired) electrons. The SMILES string of the molecule is COc1ccc2c(c1)ncc1ncn(Cc3ccc(NS(N)=O)cc3)c12. The number of nitrogens with one attached hydrogen (secondary N) is 1. The van der Waals surface area contributed by atoms with E-state index in [4.69, 9.17) is 9.88 Å². The number of imidazole rings is 1. The molecule has 2 aromatic carbocycles. The van der Waals surface area contributed by atoms with Crippen LogP contribution in [0.5, 0.6) is 5.75 Å². The Kier molecular flexibility index (Phi) is 4.27. The van der Waals surface area contributed by atoms with E-state index in [0.717, 1.165) is 33.2 Å². The maximum absolute atomic E-state index is 11.0. The molecular weight excluding hydrogens is 350 g/mol. The molecule has 0 fully saturated rings. The van der Waals surface area contributed by atoms with Gasteiger partial charge in [-0.3, -0.25) is 9.71 Å². The van der Waals surface area contributed by atoms with Crippen LogP contribution in [-0.2, 0) is 17.7 Å². The normalized spacial score (nSPS) is 12.4. The van der Waals surface area contributed by atoms with Crippen LogP contribution in [0.4, 0.5) is 5.69 Å². The van der Waals surface area contributed by atoms with Crippen LogP contribution in [0.25, 0.3) is 21.9 Å². The van der Waals surface area contributed by atoms with Crippen LogP contribution >= 0.6 is 0 Å². The fraction of sp³-hybridized carbons (Fsp3) is 0.111. The first-order valence-electron chi connectivity index (χ1n) is 7.93. The van der Waals surface area contributed by atoms with Crippen LogP contribution in [0.2, 0.25) is 0 Å². The molecule has 7 nitrogen and oxygen atoms in total. The summed E-state index contributed by atoms with van der Waals surface area (Å²) >= 11 is -1.57. The summed E-state index contributed by atoms with van der Waals surface area (Å²) in [4.78, 5) is 8.94. The molecule has 8 heteroatoms. The van der Waals surface area contributed by atoms with Crippen molar-refractivity contribution in [3.05, 3.63) is 60.6 Å². The zero-order valence-electron chi connectivity index (χ0n) is 14.0. The highest BCUT2D eigenvalue weighted by Crippen LogP contribution is 2.26. The van der Waals surface area contributed by atoms with Crippen molar-refractivity contribution in [1.82, 2.24) is 14.5 Å². The molecule has 0 amide bonds. The van der Waals surface area contributed by atoms with Crippen LogP contribution < -0.4 is 14.6 Å². The maximum atomic E-state index is 11.0. The third-order valence-electron chi connectivity index (χ3n) is 4.18. The Morgan fingerprint density at radius 2 is 1.96 bits per heavy atom. The van der Waals surface area contributed by atoms with Gasteiger partial charge in [0.2, 0.25) is 0 Å². The van der Waals surface area contributed by atoms with Crippen LogP contribution in [0.1, 0.15) is 5.56 Å². The molecule has 4 rings (SSSR count). The first kappa shape index (κ1) is 16.5. The van der Waals surface area contributed by atoms with Gasteiger partial charge in [0.1, 0.15) is 11.3 Å². The van der Waals surface area contributed by atoms with Gasteiger partial charge in [0.25, 0.3) is 0 Å². The molecule has 0 saturated carbocycles. The van der Waals surface area contributed by atoms with Gasteiger partial charge in [0.15, 0.2) is 11.2 Å². The Balaban J connectivity index is 1.72. The summed E-state index contributed by atoms with van der Waals surface area (Å²) in [5.41, 5.74) is 4.55. The third kappa shape index (κ3) is 3.12. The minimum atomic E-state index is -1.57. The number of benzene rings is 2. The zero-order valence-corrected chi connectivity index (χ0v) is 14.9. The van der Waals surface area contributed by atoms with Gasteiger partial charge in [-0.2, -0.15) is 0 Å². The second kappa shape index (κ2) is 6.74. The molecule has 2 aromatic heterocycles. The molecule has 0 saturated heterocycles. The second-order valence-electron chi connectivity index (χ2n) is 5.84. The van der Waals surface area contributed by atoms with Crippen molar-refractivity contribution in [3.63, 3.8) is 0 Å². The highest BCUT2D eigenvalue weighted by atomic mass is 32.2. The molecule has 0 bridgehead atoms. The van der Waals surface area contributed by atoms with Gasteiger partial charge >= 0.3 is 0 Å². The molecule has 1 atom stereocenters. The standard InChI is InChI=1S/C18H17N5O2S/c1-25-14-6-7-15-16(8-14)20-9-17-18(15)23(11-21-17)10-12-2-4-13(5-3-12)22-26(19)24/h2-9,11,22H,10,19H2,1H3. The van der Waals surface area contributed by atoms with E-state index in [-0.39, 0.29) is 0 Å². The number of hydrogen-bond donors (Lipinski definition) is 2. The van der Waals surface area contributed by atoms with Crippen molar-refractivity contribution in [2.24, 2.45) is 5.14 Å². The van der Waals surface area contributed by atoms with E-state index < -0.39 is 11.2 Å². The highest BCUT2D eigenvalue weighted by molar-refractivity contribution is 7.84. The van der Waals surface area contributed by atoms with Gasteiger partial charge in [-0.1, -0.05) is 12.1 Å². The summed E-state index contributed by atoms with van der Waals surface area (Å²) in [5, 5.41) is 6.27. The number of pyridine rings is 1. The summed E-state index contributed by atoms with van der Waals surface area (Å²) in [5.74, 6) is 0.774. The van der Waals surface area contributed by atoms with Gasteiger partial charge < -0.3 is 9.30 Å². The number of anilines is 1. The van der Waals surface area contributed by atoms with Crippen molar-refractivity contribution >= 4 is 38.8 Å². The van der Waals surface area contributed by atoms with E-state index in [0.29, 0.717) is 12.2 Å². The average molecular weight is 367 g/mol. The predicted octanol–water partition coefficient (Wildman–Crippen LogP) is 2.59. The van der Waals surface area contributed by atoms with Crippen molar-refractivity contribution in [1.29, 1.82) is 0 Å². The van der Waals surface area contributed by atoms with Crippen molar-refractivity contribution in [2.45, 2.75) is 6.54 Å². The molecule has 0 aliphatic carbocycles. The largest absolute Gasteiger partial charge is 0.497 e. The second-order valence-corrected chi connectivity index (χ2v) is 6.64. The molecular formula is C18H17N5O2S. The number of rotatable bonds is 5. The van der Waals surface area contributed by atoms with E-state index in [1.54, 1.807) is 13.3 Å². The first-order valence-corrected chi connectivity index (χ1v) is 9.15. The summed E-state index contributed by atoms with van der Waals surface area (Å²) in [6.07, 6.45) is 3.59. The Morgan fingerprint density at radius 3 is 2.69 bits per heavy atom. The lowest BCUT2D eigenvalue weighted by atomic mass is 10.1.